The van der Waals surface area contributed by atoms with Gasteiger partial charge in [0.25, 0.3) is 11.7 Å². The summed E-state index contributed by atoms with van der Waals surface area (Å²) in [6.07, 6.45) is 3.08. The van der Waals surface area contributed by atoms with Crippen LogP contribution in [0.5, 0.6) is 23.0 Å². The number of ketones is 1. The average molecular weight is 558 g/mol. The van der Waals surface area contributed by atoms with Crippen LogP contribution >= 0.6 is 0 Å². The number of fused-ring (bicyclic) bond motifs is 1. The van der Waals surface area contributed by atoms with Gasteiger partial charge in [-0.3, -0.25) is 9.59 Å². The average Bonchev–Trinajstić information content (AvgIpc) is 3.25. The summed E-state index contributed by atoms with van der Waals surface area (Å²) in [5, 5.41) is 11.5. The lowest BCUT2D eigenvalue weighted by Gasteiger charge is -2.26. The standard InChI is InChI=1S/C33H35NO7/c1-3-5-9-16-39-25-14-12-23(19-27(25)38-4-2)30-29(31(35)24-13-15-26-28(20-24)41-18-17-40-26)32(36)33(37)34(30)21-22-10-7-6-8-11-22/h6-8,10-15,19-20,30,35H,3-5,9,16-18,21H2,1-2H3/b31-29+. The fraction of sp³-hybridized carbons (Fsp3) is 0.333. The minimum absolute atomic E-state index is 0.00155. The number of rotatable bonds is 11. The number of aliphatic hydroxyl groups is 1. The van der Waals surface area contributed by atoms with Gasteiger partial charge in [0.2, 0.25) is 0 Å². The Balaban J connectivity index is 1.59. The number of nitrogens with zero attached hydrogens (tertiary/aromatic N) is 1. The molecule has 0 aromatic heterocycles. The Kier molecular flexibility index (Phi) is 8.77. The van der Waals surface area contributed by atoms with Crippen molar-refractivity contribution in [3.05, 3.63) is 89.0 Å². The Bertz CT molecular complexity index is 1430. The van der Waals surface area contributed by atoms with E-state index in [4.69, 9.17) is 18.9 Å². The molecule has 1 N–H and O–H groups in total. The molecule has 3 aromatic carbocycles. The van der Waals surface area contributed by atoms with E-state index in [0.29, 0.717) is 60.6 Å². The van der Waals surface area contributed by atoms with E-state index in [1.807, 2.05) is 43.3 Å². The van der Waals surface area contributed by atoms with E-state index in [2.05, 4.69) is 6.92 Å². The maximum Gasteiger partial charge on any atom is 0.295 e. The van der Waals surface area contributed by atoms with Crippen molar-refractivity contribution in [2.75, 3.05) is 26.4 Å². The SMILES string of the molecule is CCCCCOc1ccc(C2/C(=C(\O)c3ccc4c(c3)OCCO4)C(=O)C(=O)N2Cc2ccccc2)cc1OCC. The van der Waals surface area contributed by atoms with E-state index < -0.39 is 17.7 Å². The number of aliphatic hydroxyl groups excluding tert-OH is 1. The number of unbranched alkanes of at least 4 members (excludes halogenated alkanes) is 2. The second-order valence-electron chi connectivity index (χ2n) is 9.97. The van der Waals surface area contributed by atoms with Gasteiger partial charge in [0, 0.05) is 12.1 Å². The summed E-state index contributed by atoms with van der Waals surface area (Å²) < 4.78 is 23.2. The van der Waals surface area contributed by atoms with Crippen LogP contribution in [-0.4, -0.2) is 48.1 Å². The van der Waals surface area contributed by atoms with Crippen LogP contribution in [0.1, 0.15) is 55.8 Å². The fourth-order valence-corrected chi connectivity index (χ4v) is 5.13. The molecule has 1 atom stereocenters. The molecule has 214 valence electrons. The second kappa shape index (κ2) is 12.8. The largest absolute Gasteiger partial charge is 0.507 e. The van der Waals surface area contributed by atoms with Crippen LogP contribution in [0, 0.1) is 0 Å². The van der Waals surface area contributed by atoms with Gasteiger partial charge in [-0.2, -0.15) is 0 Å². The molecule has 1 fully saturated rings. The highest BCUT2D eigenvalue weighted by molar-refractivity contribution is 6.46. The number of likely N-dealkylation sites (tertiary alicyclic amines) is 1. The van der Waals surface area contributed by atoms with Crippen molar-refractivity contribution in [3.63, 3.8) is 0 Å². The van der Waals surface area contributed by atoms with Crippen LogP contribution in [0.2, 0.25) is 0 Å². The highest BCUT2D eigenvalue weighted by atomic mass is 16.6. The van der Waals surface area contributed by atoms with Gasteiger partial charge in [0.15, 0.2) is 23.0 Å². The third kappa shape index (κ3) is 6.01. The lowest BCUT2D eigenvalue weighted by Crippen LogP contribution is -2.29. The first-order chi connectivity index (χ1) is 20.0. The van der Waals surface area contributed by atoms with Crippen molar-refractivity contribution < 1.29 is 33.6 Å². The van der Waals surface area contributed by atoms with Crippen LogP contribution in [0.3, 0.4) is 0 Å². The zero-order valence-electron chi connectivity index (χ0n) is 23.4. The minimum atomic E-state index is -0.850. The van der Waals surface area contributed by atoms with Gasteiger partial charge in [-0.05, 0) is 54.8 Å². The van der Waals surface area contributed by atoms with Gasteiger partial charge < -0.3 is 29.0 Å². The normalized spacial score (nSPS) is 17.5. The number of carbonyl (C=O) groups is 2. The zero-order chi connectivity index (χ0) is 28.8. The maximum atomic E-state index is 13.6. The Morgan fingerprint density at radius 2 is 1.68 bits per heavy atom. The monoisotopic (exact) mass is 557 g/mol. The molecule has 2 aliphatic heterocycles. The zero-order valence-corrected chi connectivity index (χ0v) is 23.4. The number of amides is 1. The summed E-state index contributed by atoms with van der Waals surface area (Å²) in [5.41, 5.74) is 1.85. The molecule has 2 heterocycles. The molecule has 1 unspecified atom stereocenters. The predicted molar refractivity (Wildman–Crippen MR) is 154 cm³/mol. The molecule has 3 aromatic rings. The van der Waals surface area contributed by atoms with E-state index in [9.17, 15) is 14.7 Å². The van der Waals surface area contributed by atoms with Crippen molar-refractivity contribution >= 4 is 17.4 Å². The predicted octanol–water partition coefficient (Wildman–Crippen LogP) is 6.05. The Morgan fingerprint density at radius 3 is 2.44 bits per heavy atom. The van der Waals surface area contributed by atoms with Crippen LogP contribution in [-0.2, 0) is 16.1 Å². The Morgan fingerprint density at radius 1 is 0.902 bits per heavy atom. The molecule has 0 spiro atoms. The van der Waals surface area contributed by atoms with Gasteiger partial charge in [0.05, 0.1) is 24.8 Å². The summed E-state index contributed by atoms with van der Waals surface area (Å²) >= 11 is 0. The fourth-order valence-electron chi connectivity index (χ4n) is 5.13. The van der Waals surface area contributed by atoms with Crippen LogP contribution in [0.15, 0.2) is 72.3 Å². The first-order valence-electron chi connectivity index (χ1n) is 14.1. The van der Waals surface area contributed by atoms with E-state index in [1.54, 1.807) is 30.3 Å². The number of hydrogen-bond acceptors (Lipinski definition) is 7. The van der Waals surface area contributed by atoms with E-state index in [0.717, 1.165) is 24.8 Å². The van der Waals surface area contributed by atoms with Crippen molar-refractivity contribution in [1.82, 2.24) is 4.90 Å². The second-order valence-corrected chi connectivity index (χ2v) is 9.97. The first kappa shape index (κ1) is 28.1. The highest BCUT2D eigenvalue weighted by Gasteiger charge is 2.46. The topological polar surface area (TPSA) is 94.5 Å². The molecular formula is C33H35NO7. The quantitative estimate of drug-likeness (QED) is 0.133. The molecule has 5 rings (SSSR count). The summed E-state index contributed by atoms with van der Waals surface area (Å²) in [6, 6.07) is 19.0. The first-order valence-corrected chi connectivity index (χ1v) is 14.1. The molecule has 41 heavy (non-hydrogen) atoms. The van der Waals surface area contributed by atoms with E-state index in [1.165, 1.54) is 4.90 Å². The lowest BCUT2D eigenvalue weighted by molar-refractivity contribution is -0.140. The van der Waals surface area contributed by atoms with Gasteiger partial charge in [-0.15, -0.1) is 0 Å². The molecule has 2 aliphatic rings. The number of ether oxygens (including phenoxy) is 4. The van der Waals surface area contributed by atoms with Crippen LogP contribution in [0.25, 0.3) is 5.76 Å². The number of Topliss-reactive ketones (excluding diaryl/α,β-unsaturated/α-hetero) is 1. The summed E-state index contributed by atoms with van der Waals surface area (Å²) in [5.74, 6) is 0.429. The van der Waals surface area contributed by atoms with E-state index in [-0.39, 0.29) is 17.9 Å². The molecule has 8 heteroatoms. The van der Waals surface area contributed by atoms with Crippen molar-refractivity contribution in [2.24, 2.45) is 0 Å². The van der Waals surface area contributed by atoms with Crippen LogP contribution < -0.4 is 18.9 Å². The Hall–Kier alpha value is -4.46. The van der Waals surface area contributed by atoms with E-state index >= 15 is 0 Å². The van der Waals surface area contributed by atoms with Gasteiger partial charge in [-0.25, -0.2) is 0 Å². The molecule has 1 saturated heterocycles. The molecular weight excluding hydrogens is 522 g/mol. The lowest BCUT2D eigenvalue weighted by atomic mass is 9.94. The molecule has 8 nitrogen and oxygen atoms in total. The maximum absolute atomic E-state index is 13.6. The van der Waals surface area contributed by atoms with Crippen LogP contribution in [0.4, 0.5) is 0 Å². The molecule has 1 amide bonds. The van der Waals surface area contributed by atoms with Gasteiger partial charge in [-0.1, -0.05) is 56.2 Å². The minimum Gasteiger partial charge on any atom is -0.507 e. The van der Waals surface area contributed by atoms with Crippen molar-refractivity contribution in [1.29, 1.82) is 0 Å². The van der Waals surface area contributed by atoms with Gasteiger partial charge >= 0.3 is 0 Å². The molecule has 0 bridgehead atoms. The summed E-state index contributed by atoms with van der Waals surface area (Å²) in [6.45, 7) is 6.00. The summed E-state index contributed by atoms with van der Waals surface area (Å²) in [4.78, 5) is 28.5. The molecule has 0 radical (unpaired) electrons. The van der Waals surface area contributed by atoms with Crippen molar-refractivity contribution in [2.45, 2.75) is 45.7 Å². The highest BCUT2D eigenvalue weighted by Crippen LogP contribution is 2.43. The van der Waals surface area contributed by atoms with Gasteiger partial charge in [0.1, 0.15) is 19.0 Å². The smallest absolute Gasteiger partial charge is 0.295 e. The number of hydrogen-bond donors (Lipinski definition) is 1. The third-order valence-corrected chi connectivity index (χ3v) is 7.14. The molecule has 0 aliphatic carbocycles. The van der Waals surface area contributed by atoms with Crippen molar-refractivity contribution in [3.8, 4) is 23.0 Å². The number of carbonyl (C=O) groups excluding carboxylic acids is 2. The third-order valence-electron chi connectivity index (χ3n) is 7.14. The Labute approximate surface area is 240 Å². The summed E-state index contributed by atoms with van der Waals surface area (Å²) in [7, 11) is 0. The number of benzene rings is 3. The molecule has 0 saturated carbocycles.